The van der Waals surface area contributed by atoms with Gasteiger partial charge in [0.15, 0.2) is 0 Å². The van der Waals surface area contributed by atoms with E-state index in [1.54, 1.807) is 12.4 Å². The number of carbonyl (C=O) groups is 1. The molecule has 0 aromatic carbocycles. The summed E-state index contributed by atoms with van der Waals surface area (Å²) in [4.78, 5) is 15.3. The number of carbonyl (C=O) groups excluding carboxylic acids is 1. The average Bonchev–Trinajstić information content (AvgIpc) is 2.51. The average molecular weight is 268 g/mol. The molecule has 1 saturated carbocycles. The molecule has 0 unspecified atom stereocenters. The Morgan fingerprint density at radius 3 is 2.60 bits per heavy atom. The maximum atomic E-state index is 11.2. The molecule has 1 aliphatic rings. The van der Waals surface area contributed by atoms with Gasteiger partial charge in [0.1, 0.15) is 11.6 Å². The van der Waals surface area contributed by atoms with Crippen molar-refractivity contribution < 1.29 is 4.79 Å². The van der Waals surface area contributed by atoms with Crippen LogP contribution in [0.15, 0.2) is 36.7 Å². The molecule has 0 atom stereocenters. The minimum Gasteiger partial charge on any atom is -0.366 e. The van der Waals surface area contributed by atoms with Crippen molar-refractivity contribution in [1.29, 1.82) is 0 Å². The van der Waals surface area contributed by atoms with Crippen LogP contribution in [0.1, 0.15) is 25.7 Å². The summed E-state index contributed by atoms with van der Waals surface area (Å²) in [6.45, 7) is 0. The summed E-state index contributed by atoms with van der Waals surface area (Å²) < 4.78 is 0. The third kappa shape index (κ3) is 2.99. The third-order valence-corrected chi connectivity index (χ3v) is 3.52. The van der Waals surface area contributed by atoms with Gasteiger partial charge in [-0.3, -0.25) is 9.78 Å². The van der Waals surface area contributed by atoms with Crippen LogP contribution in [0.4, 0.5) is 5.82 Å². The number of anilines is 1. The van der Waals surface area contributed by atoms with E-state index >= 15 is 0 Å². The molecule has 0 spiro atoms. The summed E-state index contributed by atoms with van der Waals surface area (Å²) in [5.74, 6) is 1.12. The number of nitrogens with zero attached hydrogens (tertiary/aromatic N) is 3. The summed E-state index contributed by atoms with van der Waals surface area (Å²) in [6, 6.07) is 8.01. The quantitative estimate of drug-likeness (QED) is 0.926. The van der Waals surface area contributed by atoms with Gasteiger partial charge in [-0.05, 0) is 37.1 Å². The van der Waals surface area contributed by atoms with E-state index in [1.165, 1.54) is 0 Å². The molecular formula is C15H16N4O. The predicted molar refractivity (Wildman–Crippen MR) is 76.1 cm³/mol. The molecule has 2 aromatic rings. The topological polar surface area (TPSA) is 67.8 Å². The van der Waals surface area contributed by atoms with Crippen molar-refractivity contribution in [3.8, 4) is 11.3 Å². The van der Waals surface area contributed by atoms with E-state index in [2.05, 4.69) is 20.5 Å². The molecule has 5 heteroatoms. The number of pyridine rings is 1. The second kappa shape index (κ2) is 5.77. The smallest absolute Gasteiger partial charge is 0.148 e. The zero-order chi connectivity index (χ0) is 13.8. The number of hydrogen-bond donors (Lipinski definition) is 1. The molecule has 0 bridgehead atoms. The van der Waals surface area contributed by atoms with Crippen molar-refractivity contribution in [2.24, 2.45) is 0 Å². The van der Waals surface area contributed by atoms with Crippen molar-refractivity contribution >= 4 is 11.6 Å². The summed E-state index contributed by atoms with van der Waals surface area (Å²) in [7, 11) is 0. The largest absolute Gasteiger partial charge is 0.366 e. The van der Waals surface area contributed by atoms with Crippen LogP contribution in [-0.4, -0.2) is 27.0 Å². The van der Waals surface area contributed by atoms with Gasteiger partial charge >= 0.3 is 0 Å². The van der Waals surface area contributed by atoms with E-state index in [9.17, 15) is 4.79 Å². The molecule has 2 heterocycles. The van der Waals surface area contributed by atoms with Crippen molar-refractivity contribution in [1.82, 2.24) is 15.2 Å². The lowest BCUT2D eigenvalue weighted by atomic mass is 9.94. The molecule has 0 radical (unpaired) electrons. The highest BCUT2D eigenvalue weighted by molar-refractivity contribution is 5.79. The molecule has 5 nitrogen and oxygen atoms in total. The maximum Gasteiger partial charge on any atom is 0.148 e. The minimum atomic E-state index is 0.325. The molecule has 0 aliphatic heterocycles. The van der Waals surface area contributed by atoms with Crippen LogP contribution >= 0.6 is 0 Å². The summed E-state index contributed by atoms with van der Waals surface area (Å²) in [5, 5.41) is 11.7. The van der Waals surface area contributed by atoms with Crippen molar-refractivity contribution in [3.05, 3.63) is 36.7 Å². The Labute approximate surface area is 117 Å². The van der Waals surface area contributed by atoms with Gasteiger partial charge in [0.05, 0.1) is 5.69 Å². The first-order chi connectivity index (χ1) is 9.81. The molecule has 1 aliphatic carbocycles. The molecule has 102 valence electrons. The molecule has 2 aromatic heterocycles. The third-order valence-electron chi connectivity index (χ3n) is 3.52. The first kappa shape index (κ1) is 12.7. The summed E-state index contributed by atoms with van der Waals surface area (Å²) in [5.41, 5.74) is 1.76. The van der Waals surface area contributed by atoms with Crippen LogP contribution in [0.3, 0.4) is 0 Å². The van der Waals surface area contributed by atoms with E-state index in [1.807, 2.05) is 24.3 Å². The molecule has 1 N–H and O–H groups in total. The molecular weight excluding hydrogens is 252 g/mol. The predicted octanol–water partition coefficient (Wildman–Crippen LogP) is 2.46. The van der Waals surface area contributed by atoms with Crippen molar-refractivity contribution in [3.63, 3.8) is 0 Å². The number of aromatic nitrogens is 3. The summed E-state index contributed by atoms with van der Waals surface area (Å²) in [6.07, 6.45) is 6.59. The maximum absolute atomic E-state index is 11.2. The Kier molecular flexibility index (Phi) is 3.67. The number of Topliss-reactive ketones (excluding diaryl/α,β-unsaturated/α-hetero) is 1. The van der Waals surface area contributed by atoms with Gasteiger partial charge in [-0.25, -0.2) is 0 Å². The fourth-order valence-corrected chi connectivity index (χ4v) is 2.37. The van der Waals surface area contributed by atoms with Gasteiger partial charge in [0.2, 0.25) is 0 Å². The van der Waals surface area contributed by atoms with Gasteiger partial charge in [0, 0.05) is 36.8 Å². The minimum absolute atomic E-state index is 0.325. The molecule has 3 rings (SSSR count). The number of rotatable bonds is 3. The van der Waals surface area contributed by atoms with Gasteiger partial charge in [-0.2, -0.15) is 0 Å². The highest BCUT2D eigenvalue weighted by Gasteiger charge is 2.18. The van der Waals surface area contributed by atoms with E-state index in [-0.39, 0.29) is 0 Å². The van der Waals surface area contributed by atoms with Crippen LogP contribution < -0.4 is 5.32 Å². The van der Waals surface area contributed by atoms with E-state index in [0.29, 0.717) is 24.7 Å². The first-order valence-electron chi connectivity index (χ1n) is 6.83. The Balaban J connectivity index is 1.66. The van der Waals surface area contributed by atoms with Crippen LogP contribution in [-0.2, 0) is 4.79 Å². The Bertz CT molecular complexity index is 573. The van der Waals surface area contributed by atoms with E-state index in [4.69, 9.17) is 0 Å². The normalized spacial score (nSPS) is 16.1. The van der Waals surface area contributed by atoms with Crippen LogP contribution in [0.2, 0.25) is 0 Å². The number of nitrogens with one attached hydrogen (secondary N) is 1. The van der Waals surface area contributed by atoms with Crippen molar-refractivity contribution in [2.75, 3.05) is 5.32 Å². The SMILES string of the molecule is O=C1CCC(Nc2ccc(-c3cccnc3)nn2)CC1. The lowest BCUT2D eigenvalue weighted by Crippen LogP contribution is -2.26. The fourth-order valence-electron chi connectivity index (χ4n) is 2.37. The first-order valence-corrected chi connectivity index (χ1v) is 6.83. The number of ketones is 1. The zero-order valence-corrected chi connectivity index (χ0v) is 11.1. The van der Waals surface area contributed by atoms with Gasteiger partial charge in [0.25, 0.3) is 0 Å². The highest BCUT2D eigenvalue weighted by Crippen LogP contribution is 2.20. The number of hydrogen-bond acceptors (Lipinski definition) is 5. The Morgan fingerprint density at radius 2 is 1.95 bits per heavy atom. The molecule has 1 fully saturated rings. The monoisotopic (exact) mass is 268 g/mol. The van der Waals surface area contributed by atoms with Gasteiger partial charge in [-0.15, -0.1) is 10.2 Å². The highest BCUT2D eigenvalue weighted by atomic mass is 16.1. The molecule has 20 heavy (non-hydrogen) atoms. The van der Waals surface area contributed by atoms with Crippen LogP contribution in [0, 0.1) is 0 Å². The lowest BCUT2D eigenvalue weighted by molar-refractivity contribution is -0.120. The van der Waals surface area contributed by atoms with Crippen LogP contribution in [0.25, 0.3) is 11.3 Å². The standard InChI is InChI=1S/C15H16N4O/c20-13-5-3-12(4-6-13)17-15-8-7-14(18-19-15)11-2-1-9-16-10-11/h1-2,7-10,12H,3-6H2,(H,17,19). The molecule has 0 saturated heterocycles. The Hall–Kier alpha value is -2.30. The summed E-state index contributed by atoms with van der Waals surface area (Å²) >= 11 is 0. The molecule has 0 amide bonds. The lowest BCUT2D eigenvalue weighted by Gasteiger charge is -2.22. The van der Waals surface area contributed by atoms with Crippen LogP contribution in [0.5, 0.6) is 0 Å². The van der Waals surface area contributed by atoms with Crippen molar-refractivity contribution in [2.45, 2.75) is 31.7 Å². The van der Waals surface area contributed by atoms with Gasteiger partial charge in [-0.1, -0.05) is 0 Å². The van der Waals surface area contributed by atoms with Gasteiger partial charge < -0.3 is 5.32 Å². The van der Waals surface area contributed by atoms with E-state index in [0.717, 1.165) is 29.9 Å². The second-order valence-corrected chi connectivity index (χ2v) is 5.00. The van der Waals surface area contributed by atoms with E-state index < -0.39 is 0 Å². The fraction of sp³-hybridized carbons (Fsp3) is 0.333. The second-order valence-electron chi connectivity index (χ2n) is 5.00. The zero-order valence-electron chi connectivity index (χ0n) is 11.1. The Morgan fingerprint density at radius 1 is 1.10 bits per heavy atom.